The fourth-order valence-corrected chi connectivity index (χ4v) is 3.14. The molecule has 3 aromatic rings. The van der Waals surface area contributed by atoms with Crippen LogP contribution in [0, 0.1) is 0 Å². The van der Waals surface area contributed by atoms with Crippen LogP contribution in [0.5, 0.6) is 11.5 Å². The summed E-state index contributed by atoms with van der Waals surface area (Å²) in [5, 5.41) is 9.93. The standard InChI is InChI=1S/C24H28N4O4/c1-4-28-16-19(23(27-28)24(30)25-18-10-8-7-9-11-18)26-22(29)15-17-12-13-20(31-5-2)21(14-17)32-6-3/h7-14,16H,4-6,15H2,1-3H3,(H,25,30)(H,26,29). The molecule has 0 atom stereocenters. The van der Waals surface area contributed by atoms with Crippen molar-refractivity contribution in [3.05, 3.63) is 66.0 Å². The van der Waals surface area contributed by atoms with Crippen LogP contribution in [0.2, 0.25) is 0 Å². The highest BCUT2D eigenvalue weighted by atomic mass is 16.5. The fraction of sp³-hybridized carbons (Fsp3) is 0.292. The average Bonchev–Trinajstić information content (AvgIpc) is 3.19. The van der Waals surface area contributed by atoms with Gasteiger partial charge in [-0.3, -0.25) is 14.3 Å². The Morgan fingerprint density at radius 3 is 2.34 bits per heavy atom. The Hall–Kier alpha value is -3.81. The van der Waals surface area contributed by atoms with Gasteiger partial charge in [-0.15, -0.1) is 0 Å². The van der Waals surface area contributed by atoms with Crippen LogP contribution < -0.4 is 20.1 Å². The van der Waals surface area contributed by atoms with Crippen molar-refractivity contribution in [2.45, 2.75) is 33.7 Å². The Kier molecular flexibility index (Phi) is 7.85. The number of amides is 2. The molecule has 0 radical (unpaired) electrons. The molecular weight excluding hydrogens is 408 g/mol. The van der Waals surface area contributed by atoms with Crippen molar-refractivity contribution in [3.63, 3.8) is 0 Å². The molecule has 0 saturated heterocycles. The number of hydrogen-bond acceptors (Lipinski definition) is 5. The number of nitrogens with zero attached hydrogens (tertiary/aromatic N) is 2. The molecule has 0 aliphatic rings. The van der Waals surface area contributed by atoms with Gasteiger partial charge in [-0.05, 0) is 50.6 Å². The van der Waals surface area contributed by atoms with E-state index in [1.54, 1.807) is 35.1 Å². The minimum Gasteiger partial charge on any atom is -0.490 e. The lowest BCUT2D eigenvalue weighted by atomic mass is 10.1. The van der Waals surface area contributed by atoms with Gasteiger partial charge in [-0.2, -0.15) is 5.10 Å². The van der Waals surface area contributed by atoms with Crippen LogP contribution in [0.25, 0.3) is 0 Å². The van der Waals surface area contributed by atoms with Gasteiger partial charge < -0.3 is 20.1 Å². The molecule has 1 heterocycles. The third-order valence-electron chi connectivity index (χ3n) is 4.58. The molecule has 8 nitrogen and oxygen atoms in total. The highest BCUT2D eigenvalue weighted by Gasteiger charge is 2.19. The summed E-state index contributed by atoms with van der Waals surface area (Å²) in [4.78, 5) is 25.5. The second kappa shape index (κ2) is 11.0. The molecule has 2 amide bonds. The van der Waals surface area contributed by atoms with Crippen molar-refractivity contribution in [1.29, 1.82) is 0 Å². The van der Waals surface area contributed by atoms with E-state index in [9.17, 15) is 9.59 Å². The molecule has 2 N–H and O–H groups in total. The van der Waals surface area contributed by atoms with Gasteiger partial charge in [-0.1, -0.05) is 24.3 Å². The van der Waals surface area contributed by atoms with E-state index in [4.69, 9.17) is 9.47 Å². The second-order valence-corrected chi connectivity index (χ2v) is 6.94. The number of benzene rings is 2. The van der Waals surface area contributed by atoms with E-state index in [0.717, 1.165) is 5.56 Å². The lowest BCUT2D eigenvalue weighted by molar-refractivity contribution is -0.115. The third-order valence-corrected chi connectivity index (χ3v) is 4.58. The van der Waals surface area contributed by atoms with E-state index >= 15 is 0 Å². The zero-order valence-electron chi connectivity index (χ0n) is 18.6. The molecule has 0 saturated carbocycles. The number of carbonyl (C=O) groups excluding carboxylic acids is 2. The SMILES string of the molecule is CCOc1ccc(CC(=O)Nc2cn(CC)nc2C(=O)Nc2ccccc2)cc1OCC. The molecule has 0 spiro atoms. The first-order chi connectivity index (χ1) is 15.5. The van der Waals surface area contributed by atoms with E-state index in [1.165, 1.54) is 0 Å². The molecule has 0 aliphatic carbocycles. The largest absolute Gasteiger partial charge is 0.490 e. The first kappa shape index (κ1) is 22.9. The van der Waals surface area contributed by atoms with Crippen molar-refractivity contribution >= 4 is 23.2 Å². The molecule has 2 aromatic carbocycles. The zero-order chi connectivity index (χ0) is 22.9. The lowest BCUT2D eigenvalue weighted by Gasteiger charge is -2.12. The van der Waals surface area contributed by atoms with E-state index in [-0.39, 0.29) is 18.0 Å². The number of hydrogen-bond donors (Lipinski definition) is 2. The zero-order valence-corrected chi connectivity index (χ0v) is 18.6. The van der Waals surface area contributed by atoms with Gasteiger partial charge in [-0.25, -0.2) is 0 Å². The van der Waals surface area contributed by atoms with Crippen molar-refractivity contribution < 1.29 is 19.1 Å². The Morgan fingerprint density at radius 2 is 1.66 bits per heavy atom. The summed E-state index contributed by atoms with van der Waals surface area (Å²) in [6.45, 7) is 7.29. The van der Waals surface area contributed by atoms with Crippen molar-refractivity contribution in [2.75, 3.05) is 23.8 Å². The van der Waals surface area contributed by atoms with Crippen molar-refractivity contribution in [2.24, 2.45) is 0 Å². The molecule has 3 rings (SSSR count). The summed E-state index contributed by atoms with van der Waals surface area (Å²) in [5.74, 6) is 0.586. The average molecular weight is 437 g/mol. The monoisotopic (exact) mass is 436 g/mol. The maximum Gasteiger partial charge on any atom is 0.278 e. The molecular formula is C24H28N4O4. The summed E-state index contributed by atoms with van der Waals surface area (Å²) >= 11 is 0. The number of anilines is 2. The molecule has 32 heavy (non-hydrogen) atoms. The van der Waals surface area contributed by atoms with Crippen LogP contribution in [0.4, 0.5) is 11.4 Å². The molecule has 1 aromatic heterocycles. The van der Waals surface area contributed by atoms with E-state index < -0.39 is 5.91 Å². The number of carbonyl (C=O) groups is 2. The number of ether oxygens (including phenoxy) is 2. The smallest absolute Gasteiger partial charge is 0.278 e. The van der Waals surface area contributed by atoms with E-state index in [1.807, 2.05) is 45.0 Å². The Bertz CT molecular complexity index is 1060. The van der Waals surface area contributed by atoms with Crippen LogP contribution in [0.1, 0.15) is 36.8 Å². The van der Waals surface area contributed by atoms with Gasteiger partial charge in [0, 0.05) is 18.4 Å². The second-order valence-electron chi connectivity index (χ2n) is 6.94. The van der Waals surface area contributed by atoms with Crippen LogP contribution in [0.15, 0.2) is 54.7 Å². The van der Waals surface area contributed by atoms with Gasteiger partial charge in [0.1, 0.15) is 0 Å². The first-order valence-corrected chi connectivity index (χ1v) is 10.7. The van der Waals surface area contributed by atoms with E-state index in [0.29, 0.717) is 42.6 Å². The molecule has 0 fully saturated rings. The Balaban J connectivity index is 1.74. The summed E-state index contributed by atoms with van der Waals surface area (Å²) in [7, 11) is 0. The number of para-hydroxylation sites is 1. The quantitative estimate of drug-likeness (QED) is 0.498. The van der Waals surface area contributed by atoms with Gasteiger partial charge in [0.25, 0.3) is 5.91 Å². The molecule has 0 aliphatic heterocycles. The summed E-state index contributed by atoms with van der Waals surface area (Å²) < 4.78 is 12.8. The Morgan fingerprint density at radius 1 is 0.938 bits per heavy atom. The number of nitrogens with one attached hydrogen (secondary N) is 2. The van der Waals surface area contributed by atoms with E-state index in [2.05, 4.69) is 15.7 Å². The highest BCUT2D eigenvalue weighted by Crippen LogP contribution is 2.29. The van der Waals surface area contributed by atoms with Crippen LogP contribution in [0.3, 0.4) is 0 Å². The molecule has 0 unspecified atom stereocenters. The molecule has 8 heteroatoms. The van der Waals surface area contributed by atoms with Gasteiger partial charge in [0.2, 0.25) is 5.91 Å². The normalized spacial score (nSPS) is 10.5. The predicted octanol–water partition coefficient (Wildman–Crippen LogP) is 4.13. The molecule has 0 bridgehead atoms. The minimum absolute atomic E-state index is 0.115. The maximum atomic E-state index is 12.8. The maximum absolute atomic E-state index is 12.8. The summed E-state index contributed by atoms with van der Waals surface area (Å²) in [5.41, 5.74) is 1.94. The number of rotatable bonds is 10. The third kappa shape index (κ3) is 5.87. The summed E-state index contributed by atoms with van der Waals surface area (Å²) in [6.07, 6.45) is 1.77. The van der Waals surface area contributed by atoms with Crippen molar-refractivity contribution in [1.82, 2.24) is 9.78 Å². The number of aryl methyl sites for hydroxylation is 1. The first-order valence-electron chi connectivity index (χ1n) is 10.7. The summed E-state index contributed by atoms with van der Waals surface area (Å²) in [6, 6.07) is 14.5. The van der Waals surface area contributed by atoms with Gasteiger partial charge in [0.15, 0.2) is 17.2 Å². The lowest BCUT2D eigenvalue weighted by Crippen LogP contribution is -2.19. The Labute approximate surface area is 187 Å². The van der Waals surface area contributed by atoms with Crippen molar-refractivity contribution in [3.8, 4) is 11.5 Å². The molecule has 168 valence electrons. The fourth-order valence-electron chi connectivity index (χ4n) is 3.14. The predicted molar refractivity (Wildman–Crippen MR) is 123 cm³/mol. The van der Waals surface area contributed by atoms with Gasteiger partial charge in [0.05, 0.1) is 25.3 Å². The van der Waals surface area contributed by atoms with Crippen LogP contribution in [-0.2, 0) is 17.8 Å². The minimum atomic E-state index is -0.390. The van der Waals surface area contributed by atoms with Crippen LogP contribution in [-0.4, -0.2) is 34.8 Å². The highest BCUT2D eigenvalue weighted by molar-refractivity contribution is 6.08. The van der Waals surface area contributed by atoms with Gasteiger partial charge >= 0.3 is 0 Å². The topological polar surface area (TPSA) is 94.5 Å². The van der Waals surface area contributed by atoms with Crippen LogP contribution >= 0.6 is 0 Å². The number of aromatic nitrogens is 2.